The molecule has 1 aromatic rings. The second kappa shape index (κ2) is 7.48. The minimum Gasteiger partial charge on any atom is -0.341 e. The molecule has 2 amide bonds. The first-order valence-corrected chi connectivity index (χ1v) is 10.2. The Hall–Kier alpha value is -1.74. The van der Waals surface area contributed by atoms with Crippen LogP contribution in [0.1, 0.15) is 19.3 Å². The first-order valence-electron chi connectivity index (χ1n) is 8.74. The molecule has 9 heteroatoms. The molecule has 1 unspecified atom stereocenters. The number of urea groups is 1. The van der Waals surface area contributed by atoms with Gasteiger partial charge in [0.1, 0.15) is 16.5 Å². The van der Waals surface area contributed by atoms with E-state index in [1.165, 1.54) is 4.31 Å². The third kappa shape index (κ3) is 3.68. The van der Waals surface area contributed by atoms with Crippen LogP contribution in [-0.4, -0.2) is 56.9 Å². The number of sulfonamides is 1. The fraction of sp³-hybridized carbons (Fsp3) is 0.588. The van der Waals surface area contributed by atoms with E-state index in [2.05, 4.69) is 5.32 Å². The first kappa shape index (κ1) is 19.0. The molecule has 6 nitrogen and oxygen atoms in total. The minimum absolute atomic E-state index is 0.0918. The second-order valence-electron chi connectivity index (χ2n) is 6.87. The zero-order valence-corrected chi connectivity index (χ0v) is 15.4. The van der Waals surface area contributed by atoms with E-state index < -0.39 is 26.6 Å². The van der Waals surface area contributed by atoms with Crippen LogP contribution in [0.2, 0.25) is 0 Å². The Labute approximate surface area is 152 Å². The van der Waals surface area contributed by atoms with Crippen molar-refractivity contribution in [2.45, 2.75) is 24.2 Å². The van der Waals surface area contributed by atoms with Crippen molar-refractivity contribution >= 4 is 16.1 Å². The zero-order valence-electron chi connectivity index (χ0n) is 14.6. The lowest BCUT2D eigenvalue weighted by molar-refractivity contribution is 0.153. The number of hydrogen-bond donors (Lipinski definition) is 1. The number of amides is 2. The highest BCUT2D eigenvalue weighted by molar-refractivity contribution is 7.89. The van der Waals surface area contributed by atoms with Gasteiger partial charge in [-0.2, -0.15) is 4.31 Å². The van der Waals surface area contributed by atoms with Crippen molar-refractivity contribution in [1.29, 1.82) is 0 Å². The summed E-state index contributed by atoms with van der Waals surface area (Å²) in [4.78, 5) is 12.9. The number of nitrogens with one attached hydrogen (secondary N) is 1. The summed E-state index contributed by atoms with van der Waals surface area (Å²) < 4.78 is 53.6. The van der Waals surface area contributed by atoms with Gasteiger partial charge in [-0.05, 0) is 43.2 Å². The topological polar surface area (TPSA) is 69.7 Å². The van der Waals surface area contributed by atoms with Gasteiger partial charge in [0.05, 0.1) is 0 Å². The lowest BCUT2D eigenvalue weighted by atomic mass is 9.84. The van der Waals surface area contributed by atoms with Gasteiger partial charge in [0.15, 0.2) is 0 Å². The largest absolute Gasteiger partial charge is 0.341 e. The number of benzene rings is 1. The zero-order chi connectivity index (χ0) is 18.9. The Bertz CT molecular complexity index is 779. The summed E-state index contributed by atoms with van der Waals surface area (Å²) in [6.07, 6.45) is 2.38. The van der Waals surface area contributed by atoms with Gasteiger partial charge in [-0.25, -0.2) is 22.0 Å². The van der Waals surface area contributed by atoms with Crippen LogP contribution in [-0.2, 0) is 10.0 Å². The summed E-state index contributed by atoms with van der Waals surface area (Å²) >= 11 is 0. The summed E-state index contributed by atoms with van der Waals surface area (Å²) in [7, 11) is -2.37. The number of rotatable bonds is 3. The first-order chi connectivity index (χ1) is 12.3. The van der Waals surface area contributed by atoms with Crippen LogP contribution in [0.25, 0.3) is 0 Å². The van der Waals surface area contributed by atoms with Crippen LogP contribution >= 0.6 is 0 Å². The van der Waals surface area contributed by atoms with Gasteiger partial charge in [0.25, 0.3) is 0 Å². The Kier molecular flexibility index (Phi) is 5.47. The lowest BCUT2D eigenvalue weighted by Crippen LogP contribution is -2.44. The molecule has 1 aromatic carbocycles. The minimum atomic E-state index is -3.97. The standard InChI is InChI=1S/C17H23F2N3O3S/c1-20-17(23)21-7-4-12(5-8-21)13-6-9-22(11-13)26(24,25)16-3-2-14(18)10-15(16)19/h2-3,10,12-13H,4-9,11H2,1H3,(H,20,23). The molecule has 0 bridgehead atoms. The maximum absolute atomic E-state index is 13.9. The van der Waals surface area contributed by atoms with E-state index in [4.69, 9.17) is 0 Å². The summed E-state index contributed by atoms with van der Waals surface area (Å²) in [6, 6.07) is 2.44. The van der Waals surface area contributed by atoms with Crippen molar-refractivity contribution in [2.75, 3.05) is 33.2 Å². The molecule has 26 heavy (non-hydrogen) atoms. The summed E-state index contributed by atoms with van der Waals surface area (Å²) in [5.41, 5.74) is 0. The van der Waals surface area contributed by atoms with E-state index in [0.29, 0.717) is 44.6 Å². The van der Waals surface area contributed by atoms with Crippen LogP contribution in [0.5, 0.6) is 0 Å². The molecule has 0 spiro atoms. The van der Waals surface area contributed by atoms with Gasteiger partial charge >= 0.3 is 6.03 Å². The van der Waals surface area contributed by atoms with Gasteiger partial charge in [-0.3, -0.25) is 0 Å². The number of halogens is 2. The molecular formula is C17H23F2N3O3S. The molecule has 1 N–H and O–H groups in total. The Morgan fingerprint density at radius 1 is 1.12 bits per heavy atom. The van der Waals surface area contributed by atoms with Crippen molar-refractivity contribution < 1.29 is 22.0 Å². The smallest absolute Gasteiger partial charge is 0.317 e. The number of nitrogens with zero attached hydrogens (tertiary/aromatic N) is 2. The second-order valence-corrected chi connectivity index (χ2v) is 8.77. The number of hydrogen-bond acceptors (Lipinski definition) is 3. The molecule has 2 fully saturated rings. The van der Waals surface area contributed by atoms with Crippen molar-refractivity contribution in [3.63, 3.8) is 0 Å². The average molecular weight is 387 g/mol. The van der Waals surface area contributed by atoms with E-state index in [9.17, 15) is 22.0 Å². The normalized spacial score (nSPS) is 22.6. The lowest BCUT2D eigenvalue weighted by Gasteiger charge is -2.34. The summed E-state index contributed by atoms with van der Waals surface area (Å²) in [5.74, 6) is -1.33. The Morgan fingerprint density at radius 2 is 1.77 bits per heavy atom. The molecule has 2 saturated heterocycles. The number of likely N-dealkylation sites (tertiary alicyclic amines) is 1. The summed E-state index contributed by atoms with van der Waals surface area (Å²) in [6.45, 7) is 1.98. The molecular weight excluding hydrogens is 364 g/mol. The highest BCUT2D eigenvalue weighted by Gasteiger charge is 2.38. The van der Waals surface area contributed by atoms with Crippen molar-refractivity contribution in [1.82, 2.24) is 14.5 Å². The number of carbonyl (C=O) groups is 1. The molecule has 3 rings (SSSR count). The van der Waals surface area contributed by atoms with Crippen LogP contribution in [0.15, 0.2) is 23.1 Å². The molecule has 0 aliphatic carbocycles. The third-order valence-corrected chi connectivity index (χ3v) is 7.30. The molecule has 2 heterocycles. The van der Waals surface area contributed by atoms with Gasteiger partial charge in [-0.1, -0.05) is 0 Å². The molecule has 0 saturated carbocycles. The highest BCUT2D eigenvalue weighted by atomic mass is 32.2. The maximum atomic E-state index is 13.9. The SMILES string of the molecule is CNC(=O)N1CCC(C2CCN(S(=O)(=O)c3ccc(F)cc3F)C2)CC1. The molecule has 0 radical (unpaired) electrons. The van der Waals surface area contributed by atoms with E-state index in [1.807, 2.05) is 0 Å². The molecule has 0 aromatic heterocycles. The van der Waals surface area contributed by atoms with Crippen molar-refractivity contribution in [2.24, 2.45) is 11.8 Å². The van der Waals surface area contributed by atoms with Crippen LogP contribution in [0, 0.1) is 23.5 Å². The highest BCUT2D eigenvalue weighted by Crippen LogP contribution is 2.34. The predicted molar refractivity (Wildman–Crippen MR) is 92.0 cm³/mol. The predicted octanol–water partition coefficient (Wildman–Crippen LogP) is 2.03. The van der Waals surface area contributed by atoms with Crippen LogP contribution in [0.3, 0.4) is 0 Å². The molecule has 144 valence electrons. The van der Waals surface area contributed by atoms with Crippen LogP contribution < -0.4 is 5.32 Å². The van der Waals surface area contributed by atoms with Crippen LogP contribution in [0.4, 0.5) is 13.6 Å². The van der Waals surface area contributed by atoms with E-state index >= 15 is 0 Å². The number of piperidine rings is 1. The Morgan fingerprint density at radius 3 is 2.38 bits per heavy atom. The van der Waals surface area contributed by atoms with Gasteiger partial charge in [-0.15, -0.1) is 0 Å². The van der Waals surface area contributed by atoms with E-state index in [0.717, 1.165) is 25.0 Å². The van der Waals surface area contributed by atoms with Crippen molar-refractivity contribution in [3.8, 4) is 0 Å². The van der Waals surface area contributed by atoms with Gasteiger partial charge in [0.2, 0.25) is 10.0 Å². The molecule has 2 aliphatic rings. The van der Waals surface area contributed by atoms with Gasteiger partial charge in [0, 0.05) is 39.3 Å². The van der Waals surface area contributed by atoms with E-state index in [1.54, 1.807) is 11.9 Å². The average Bonchev–Trinajstić information content (AvgIpc) is 3.12. The monoisotopic (exact) mass is 387 g/mol. The van der Waals surface area contributed by atoms with Crippen molar-refractivity contribution in [3.05, 3.63) is 29.8 Å². The maximum Gasteiger partial charge on any atom is 0.317 e. The summed E-state index contributed by atoms with van der Waals surface area (Å²) in [5, 5.41) is 2.61. The molecule has 2 aliphatic heterocycles. The number of carbonyl (C=O) groups excluding carboxylic acids is 1. The van der Waals surface area contributed by atoms with Gasteiger partial charge < -0.3 is 10.2 Å². The fourth-order valence-corrected chi connectivity index (χ4v) is 5.47. The fourth-order valence-electron chi connectivity index (χ4n) is 3.91. The quantitative estimate of drug-likeness (QED) is 0.863. The third-order valence-electron chi connectivity index (χ3n) is 5.41. The Balaban J connectivity index is 1.64. The van der Waals surface area contributed by atoms with E-state index in [-0.39, 0.29) is 11.9 Å². The molecule has 1 atom stereocenters.